The molecule has 3 heteroatoms. The Morgan fingerprint density at radius 3 is 1.23 bits per heavy atom. The molecule has 0 fully saturated rings. The number of ether oxygens (including phenoxy) is 2. The lowest BCUT2D eigenvalue weighted by molar-refractivity contribution is 0.0529. The van der Waals surface area contributed by atoms with Gasteiger partial charge >= 0.3 is 6.16 Å². The summed E-state index contributed by atoms with van der Waals surface area (Å²) in [7, 11) is 0. The van der Waals surface area contributed by atoms with Gasteiger partial charge in [0.15, 0.2) is 0 Å². The fourth-order valence-corrected chi connectivity index (χ4v) is 2.47. The lowest BCUT2D eigenvalue weighted by Gasteiger charge is -2.06. The van der Waals surface area contributed by atoms with Crippen LogP contribution in [0.25, 0.3) is 0 Å². The van der Waals surface area contributed by atoms with Crippen LogP contribution in [0.3, 0.4) is 0 Å². The molecule has 0 atom stereocenters. The lowest BCUT2D eigenvalue weighted by Crippen LogP contribution is -2.09. The van der Waals surface area contributed by atoms with Crippen LogP contribution in [-0.2, 0) is 9.47 Å². The van der Waals surface area contributed by atoms with Crippen LogP contribution in [0.15, 0.2) is 0 Å². The Morgan fingerprint density at radius 2 is 0.864 bits per heavy atom. The summed E-state index contributed by atoms with van der Waals surface area (Å²) in [5.41, 5.74) is 0. The smallest absolute Gasteiger partial charge is 0.434 e. The van der Waals surface area contributed by atoms with Gasteiger partial charge in [0.1, 0.15) is 0 Å². The minimum atomic E-state index is -0.489. The van der Waals surface area contributed by atoms with E-state index in [9.17, 15) is 4.79 Å². The Bertz CT molecular complexity index is 207. The molecule has 132 valence electrons. The van der Waals surface area contributed by atoms with Crippen LogP contribution in [0.2, 0.25) is 0 Å². The van der Waals surface area contributed by atoms with Crippen molar-refractivity contribution in [2.75, 3.05) is 13.2 Å². The SMILES string of the molecule is CCCCCCCCCOC(=O)OCCCCCCCCC. The second kappa shape index (κ2) is 18.3. The molecule has 0 aromatic heterocycles. The van der Waals surface area contributed by atoms with Crippen molar-refractivity contribution in [1.82, 2.24) is 0 Å². The Labute approximate surface area is 138 Å². The van der Waals surface area contributed by atoms with Gasteiger partial charge in [0, 0.05) is 0 Å². The minimum absolute atomic E-state index is 0.489. The van der Waals surface area contributed by atoms with Crippen LogP contribution in [-0.4, -0.2) is 19.4 Å². The van der Waals surface area contributed by atoms with Gasteiger partial charge in [0.2, 0.25) is 0 Å². The van der Waals surface area contributed by atoms with Gasteiger partial charge < -0.3 is 9.47 Å². The Morgan fingerprint density at radius 1 is 0.545 bits per heavy atom. The Hall–Kier alpha value is -0.730. The quantitative estimate of drug-likeness (QED) is 0.236. The number of carbonyl (C=O) groups is 1. The molecule has 0 saturated carbocycles. The molecule has 0 radical (unpaired) electrons. The van der Waals surface area contributed by atoms with E-state index < -0.39 is 6.16 Å². The molecule has 0 N–H and O–H groups in total. The summed E-state index contributed by atoms with van der Waals surface area (Å²) < 4.78 is 10.1. The van der Waals surface area contributed by atoms with Crippen molar-refractivity contribution in [1.29, 1.82) is 0 Å². The zero-order valence-corrected chi connectivity index (χ0v) is 15.0. The molecule has 3 nitrogen and oxygen atoms in total. The van der Waals surface area contributed by atoms with Crippen LogP contribution in [0, 0.1) is 0 Å². The zero-order chi connectivity index (χ0) is 16.3. The highest BCUT2D eigenvalue weighted by Crippen LogP contribution is 2.08. The first-order chi connectivity index (χ1) is 10.8. The van der Waals surface area contributed by atoms with E-state index in [2.05, 4.69) is 13.8 Å². The molecule has 0 aliphatic carbocycles. The molecule has 0 aliphatic rings. The average Bonchev–Trinajstić information content (AvgIpc) is 2.52. The van der Waals surface area contributed by atoms with Gasteiger partial charge in [0.25, 0.3) is 0 Å². The maximum absolute atomic E-state index is 11.3. The average molecular weight is 315 g/mol. The summed E-state index contributed by atoms with van der Waals surface area (Å²) in [4.78, 5) is 11.3. The lowest BCUT2D eigenvalue weighted by atomic mass is 10.1. The molecule has 0 rings (SSSR count). The molecule has 22 heavy (non-hydrogen) atoms. The van der Waals surface area contributed by atoms with E-state index >= 15 is 0 Å². The van der Waals surface area contributed by atoms with Crippen LogP contribution < -0.4 is 0 Å². The molecular formula is C19H38O3. The number of unbranched alkanes of at least 4 members (excludes halogenated alkanes) is 12. The van der Waals surface area contributed by atoms with E-state index in [1.54, 1.807) is 0 Å². The summed E-state index contributed by atoms with van der Waals surface area (Å²) in [5.74, 6) is 0. The van der Waals surface area contributed by atoms with Gasteiger partial charge in [-0.1, -0.05) is 90.9 Å². The van der Waals surface area contributed by atoms with E-state index in [0.29, 0.717) is 13.2 Å². The molecular weight excluding hydrogens is 276 g/mol. The summed E-state index contributed by atoms with van der Waals surface area (Å²) >= 11 is 0. The van der Waals surface area contributed by atoms with Crippen molar-refractivity contribution in [3.8, 4) is 0 Å². The largest absolute Gasteiger partial charge is 0.508 e. The Kier molecular flexibility index (Phi) is 17.7. The van der Waals surface area contributed by atoms with E-state index in [1.807, 2.05) is 0 Å². The van der Waals surface area contributed by atoms with Crippen molar-refractivity contribution in [3.63, 3.8) is 0 Å². The van der Waals surface area contributed by atoms with Gasteiger partial charge in [-0.2, -0.15) is 0 Å². The van der Waals surface area contributed by atoms with Crippen LogP contribution >= 0.6 is 0 Å². The molecule has 0 bridgehead atoms. The first-order valence-corrected chi connectivity index (χ1v) is 9.60. The topological polar surface area (TPSA) is 35.5 Å². The molecule has 0 amide bonds. The predicted octanol–water partition coefficient (Wildman–Crippen LogP) is 6.64. The standard InChI is InChI=1S/C19H38O3/c1-3-5-7-9-11-13-15-17-21-19(20)22-18-16-14-12-10-8-6-4-2/h3-18H2,1-2H3. The molecule has 0 aromatic rings. The number of carbonyl (C=O) groups excluding carboxylic acids is 1. The molecule has 0 saturated heterocycles. The van der Waals surface area contributed by atoms with Crippen LogP contribution in [0.1, 0.15) is 104 Å². The number of hydrogen-bond acceptors (Lipinski definition) is 3. The second-order valence-electron chi connectivity index (χ2n) is 6.19. The highest BCUT2D eigenvalue weighted by Gasteiger charge is 2.02. The highest BCUT2D eigenvalue weighted by atomic mass is 16.7. The Balaban J connectivity index is 3.13. The number of rotatable bonds is 16. The van der Waals surface area contributed by atoms with Crippen molar-refractivity contribution in [2.24, 2.45) is 0 Å². The van der Waals surface area contributed by atoms with Crippen molar-refractivity contribution in [3.05, 3.63) is 0 Å². The summed E-state index contributed by atoms with van der Waals surface area (Å²) in [6, 6.07) is 0. The summed E-state index contributed by atoms with van der Waals surface area (Å²) in [6.07, 6.45) is 16.7. The predicted molar refractivity (Wildman–Crippen MR) is 93.3 cm³/mol. The van der Waals surface area contributed by atoms with Crippen molar-refractivity contribution >= 4 is 6.16 Å². The fraction of sp³-hybridized carbons (Fsp3) is 0.947. The maximum Gasteiger partial charge on any atom is 0.508 e. The van der Waals surface area contributed by atoms with Crippen LogP contribution in [0.5, 0.6) is 0 Å². The van der Waals surface area contributed by atoms with E-state index in [-0.39, 0.29) is 0 Å². The third-order valence-corrected chi connectivity index (χ3v) is 3.94. The maximum atomic E-state index is 11.3. The molecule has 0 spiro atoms. The first kappa shape index (κ1) is 21.3. The third-order valence-electron chi connectivity index (χ3n) is 3.94. The van der Waals surface area contributed by atoms with Crippen molar-refractivity contribution < 1.29 is 14.3 Å². The van der Waals surface area contributed by atoms with Gasteiger partial charge in [0.05, 0.1) is 13.2 Å². The molecule has 0 unspecified atom stereocenters. The second-order valence-corrected chi connectivity index (χ2v) is 6.19. The van der Waals surface area contributed by atoms with E-state index in [4.69, 9.17) is 9.47 Å². The third kappa shape index (κ3) is 17.3. The van der Waals surface area contributed by atoms with Crippen LogP contribution in [0.4, 0.5) is 4.79 Å². The van der Waals surface area contributed by atoms with E-state index in [1.165, 1.54) is 64.2 Å². The van der Waals surface area contributed by atoms with Gasteiger partial charge in [-0.3, -0.25) is 0 Å². The van der Waals surface area contributed by atoms with E-state index in [0.717, 1.165) is 25.7 Å². The summed E-state index contributed by atoms with van der Waals surface area (Å²) in [5, 5.41) is 0. The highest BCUT2D eigenvalue weighted by molar-refractivity contribution is 5.59. The van der Waals surface area contributed by atoms with Gasteiger partial charge in [-0.05, 0) is 12.8 Å². The zero-order valence-electron chi connectivity index (χ0n) is 15.0. The monoisotopic (exact) mass is 314 g/mol. The number of hydrogen-bond donors (Lipinski definition) is 0. The minimum Gasteiger partial charge on any atom is -0.434 e. The van der Waals surface area contributed by atoms with Crippen molar-refractivity contribution in [2.45, 2.75) is 104 Å². The fourth-order valence-electron chi connectivity index (χ4n) is 2.47. The summed E-state index contributed by atoms with van der Waals surface area (Å²) in [6.45, 7) is 5.46. The molecule has 0 heterocycles. The normalized spacial score (nSPS) is 10.6. The van der Waals surface area contributed by atoms with Gasteiger partial charge in [-0.25, -0.2) is 4.79 Å². The first-order valence-electron chi connectivity index (χ1n) is 9.60. The molecule has 0 aromatic carbocycles. The van der Waals surface area contributed by atoms with Gasteiger partial charge in [-0.15, -0.1) is 0 Å². The molecule has 0 aliphatic heterocycles.